The molecule has 1 saturated carbocycles. The number of rotatable bonds is 2. The maximum Gasteiger partial charge on any atom is 0.234 e. The average molecular weight is 231 g/mol. The van der Waals surface area contributed by atoms with Crippen molar-refractivity contribution >= 4 is 21.8 Å². The zero-order valence-corrected chi connectivity index (χ0v) is 8.52. The third-order valence-electron chi connectivity index (χ3n) is 2.14. The Balaban J connectivity index is 2.50. The molecule has 0 radical (unpaired) electrons. The van der Waals surface area contributed by atoms with E-state index < -0.39 is 5.54 Å². The quantitative estimate of drug-likeness (QED) is 0.729. The first-order chi connectivity index (χ1) is 5.59. The molecule has 1 aliphatic rings. The van der Waals surface area contributed by atoms with E-state index in [1.165, 1.54) is 0 Å². The lowest BCUT2D eigenvalue weighted by molar-refractivity contribution is -0.122. The summed E-state index contributed by atoms with van der Waals surface area (Å²) < 4.78 is 0. The maximum atomic E-state index is 11.2. The number of alkyl halides is 1. The predicted octanol–water partition coefficient (Wildman–Crippen LogP) is 1.33. The fraction of sp³-hybridized carbons (Fsp3) is 0.750. The molecule has 0 spiro atoms. The van der Waals surface area contributed by atoms with Gasteiger partial charge in [-0.1, -0.05) is 15.9 Å². The van der Waals surface area contributed by atoms with E-state index in [1.54, 1.807) is 6.92 Å². The molecule has 0 bridgehead atoms. The number of carbonyl (C=O) groups excluding carboxylic acids is 1. The molecule has 3 nitrogen and oxygen atoms in total. The molecule has 1 fully saturated rings. The molecule has 1 N–H and O–H groups in total. The molecule has 0 aromatic carbocycles. The van der Waals surface area contributed by atoms with E-state index in [0.717, 1.165) is 19.3 Å². The van der Waals surface area contributed by atoms with Gasteiger partial charge in [-0.3, -0.25) is 4.79 Å². The molecule has 1 aliphatic carbocycles. The first-order valence-corrected chi connectivity index (χ1v) is 4.88. The summed E-state index contributed by atoms with van der Waals surface area (Å²) >= 11 is 3.15. The van der Waals surface area contributed by atoms with Gasteiger partial charge in [0.25, 0.3) is 0 Å². The highest BCUT2D eigenvalue weighted by atomic mass is 79.9. The monoisotopic (exact) mass is 230 g/mol. The van der Waals surface area contributed by atoms with Crippen LogP contribution in [0.15, 0.2) is 0 Å². The molecule has 0 aliphatic heterocycles. The van der Waals surface area contributed by atoms with Crippen LogP contribution in [0.4, 0.5) is 0 Å². The molecule has 1 atom stereocenters. The summed E-state index contributed by atoms with van der Waals surface area (Å²) in [6.45, 7) is 1.75. The SMILES string of the molecule is CC(Br)C(=O)NC1(C#N)CCC1. The van der Waals surface area contributed by atoms with Crippen LogP contribution in [0, 0.1) is 11.3 Å². The topological polar surface area (TPSA) is 52.9 Å². The highest BCUT2D eigenvalue weighted by molar-refractivity contribution is 9.10. The van der Waals surface area contributed by atoms with Crippen molar-refractivity contribution in [2.45, 2.75) is 36.6 Å². The lowest BCUT2D eigenvalue weighted by atomic mass is 9.78. The van der Waals surface area contributed by atoms with Crippen molar-refractivity contribution in [3.05, 3.63) is 0 Å². The molecular weight excluding hydrogens is 220 g/mol. The summed E-state index contributed by atoms with van der Waals surface area (Å²) in [4.78, 5) is 11.0. The number of hydrogen-bond acceptors (Lipinski definition) is 2. The molecule has 0 aromatic heterocycles. The van der Waals surface area contributed by atoms with Gasteiger partial charge >= 0.3 is 0 Å². The van der Waals surface area contributed by atoms with Crippen LogP contribution < -0.4 is 5.32 Å². The Morgan fingerprint density at radius 3 is 2.58 bits per heavy atom. The van der Waals surface area contributed by atoms with Gasteiger partial charge in [-0.2, -0.15) is 5.26 Å². The summed E-state index contributed by atoms with van der Waals surface area (Å²) in [5.41, 5.74) is -0.556. The van der Waals surface area contributed by atoms with Gasteiger partial charge in [-0.25, -0.2) is 0 Å². The zero-order chi connectivity index (χ0) is 9.19. The van der Waals surface area contributed by atoms with Gasteiger partial charge in [0.05, 0.1) is 10.9 Å². The van der Waals surface area contributed by atoms with Crippen molar-refractivity contribution in [2.24, 2.45) is 0 Å². The molecule has 0 saturated heterocycles. The van der Waals surface area contributed by atoms with Crippen LogP contribution >= 0.6 is 15.9 Å². The van der Waals surface area contributed by atoms with E-state index >= 15 is 0 Å². The largest absolute Gasteiger partial charge is 0.337 e. The van der Waals surface area contributed by atoms with Gasteiger partial charge in [0.15, 0.2) is 0 Å². The van der Waals surface area contributed by atoms with E-state index in [9.17, 15) is 4.79 Å². The second kappa shape index (κ2) is 3.44. The summed E-state index contributed by atoms with van der Waals surface area (Å²) in [6, 6.07) is 2.15. The van der Waals surface area contributed by atoms with Crippen molar-refractivity contribution in [3.63, 3.8) is 0 Å². The van der Waals surface area contributed by atoms with Crippen molar-refractivity contribution in [1.29, 1.82) is 5.26 Å². The molecule has 1 amide bonds. The first kappa shape index (κ1) is 9.53. The lowest BCUT2D eigenvalue weighted by Crippen LogP contribution is -2.53. The van der Waals surface area contributed by atoms with Gasteiger partial charge in [0, 0.05) is 0 Å². The van der Waals surface area contributed by atoms with E-state index in [1.807, 2.05) is 0 Å². The summed E-state index contributed by atoms with van der Waals surface area (Å²) in [7, 11) is 0. The maximum absolute atomic E-state index is 11.2. The number of nitriles is 1. The van der Waals surface area contributed by atoms with E-state index in [2.05, 4.69) is 27.3 Å². The molecular formula is C8H11BrN2O. The smallest absolute Gasteiger partial charge is 0.234 e. The Bertz CT molecular complexity index is 228. The first-order valence-electron chi connectivity index (χ1n) is 3.97. The molecule has 12 heavy (non-hydrogen) atoms. The van der Waals surface area contributed by atoms with Crippen LogP contribution in [-0.4, -0.2) is 16.3 Å². The molecule has 66 valence electrons. The van der Waals surface area contributed by atoms with E-state index in [-0.39, 0.29) is 10.7 Å². The molecule has 4 heteroatoms. The molecule has 1 unspecified atom stereocenters. The Morgan fingerprint density at radius 1 is 1.75 bits per heavy atom. The van der Waals surface area contributed by atoms with Gasteiger partial charge in [0.2, 0.25) is 5.91 Å². The fourth-order valence-corrected chi connectivity index (χ4v) is 1.24. The minimum absolute atomic E-state index is 0.101. The van der Waals surface area contributed by atoms with Crippen LogP contribution in [0.25, 0.3) is 0 Å². The van der Waals surface area contributed by atoms with Crippen LogP contribution in [0.2, 0.25) is 0 Å². The number of carbonyl (C=O) groups is 1. The third-order valence-corrected chi connectivity index (χ3v) is 2.56. The second-order valence-corrected chi connectivity index (χ2v) is 4.53. The average Bonchev–Trinajstić information content (AvgIpc) is 1.96. The highest BCUT2D eigenvalue weighted by Crippen LogP contribution is 2.31. The second-order valence-electron chi connectivity index (χ2n) is 3.15. The Hall–Kier alpha value is -0.560. The van der Waals surface area contributed by atoms with Crippen molar-refractivity contribution < 1.29 is 4.79 Å². The fourth-order valence-electron chi connectivity index (χ4n) is 1.13. The van der Waals surface area contributed by atoms with E-state index in [0.29, 0.717) is 0 Å². The normalized spacial score (nSPS) is 21.8. The van der Waals surface area contributed by atoms with Crippen LogP contribution in [-0.2, 0) is 4.79 Å². The predicted molar refractivity (Wildman–Crippen MR) is 48.7 cm³/mol. The van der Waals surface area contributed by atoms with E-state index in [4.69, 9.17) is 5.26 Å². The Kier molecular flexibility index (Phi) is 2.73. The molecule has 1 rings (SSSR count). The summed E-state index contributed by atoms with van der Waals surface area (Å²) in [5.74, 6) is -0.101. The molecule has 0 heterocycles. The minimum atomic E-state index is -0.556. The number of nitrogens with zero attached hydrogens (tertiary/aromatic N) is 1. The number of hydrogen-bond donors (Lipinski definition) is 1. The highest BCUT2D eigenvalue weighted by Gasteiger charge is 2.38. The lowest BCUT2D eigenvalue weighted by Gasteiger charge is -2.36. The number of nitrogens with one attached hydrogen (secondary N) is 1. The Labute approximate surface area is 80.3 Å². The standard InChI is InChI=1S/C8H11BrN2O/c1-6(9)7(12)11-8(5-10)3-2-4-8/h6H,2-4H2,1H3,(H,11,12). The van der Waals surface area contributed by atoms with Crippen LogP contribution in [0.1, 0.15) is 26.2 Å². The summed E-state index contributed by atoms with van der Waals surface area (Å²) in [6.07, 6.45) is 2.61. The van der Waals surface area contributed by atoms with Gasteiger partial charge in [-0.15, -0.1) is 0 Å². The zero-order valence-electron chi connectivity index (χ0n) is 6.93. The van der Waals surface area contributed by atoms with Crippen molar-refractivity contribution in [3.8, 4) is 6.07 Å². The number of halogens is 1. The van der Waals surface area contributed by atoms with Crippen molar-refractivity contribution in [1.82, 2.24) is 5.32 Å². The molecule has 0 aromatic rings. The summed E-state index contributed by atoms with van der Waals surface area (Å²) in [5, 5.41) is 11.5. The van der Waals surface area contributed by atoms with Gasteiger partial charge < -0.3 is 5.32 Å². The van der Waals surface area contributed by atoms with Gasteiger partial charge in [-0.05, 0) is 26.2 Å². The Morgan fingerprint density at radius 2 is 2.33 bits per heavy atom. The van der Waals surface area contributed by atoms with Crippen molar-refractivity contribution in [2.75, 3.05) is 0 Å². The van der Waals surface area contributed by atoms with Gasteiger partial charge in [0.1, 0.15) is 5.54 Å². The number of amides is 1. The van der Waals surface area contributed by atoms with Crippen LogP contribution in [0.3, 0.4) is 0 Å². The van der Waals surface area contributed by atoms with Crippen LogP contribution in [0.5, 0.6) is 0 Å². The minimum Gasteiger partial charge on any atom is -0.337 e. The third kappa shape index (κ3) is 1.78.